The van der Waals surface area contributed by atoms with Gasteiger partial charge in [0.1, 0.15) is 21.8 Å². The zero-order valence-electron chi connectivity index (χ0n) is 18.4. The first-order valence-electron chi connectivity index (χ1n) is 10.8. The Hall–Kier alpha value is -3.32. The average molecular weight is 464 g/mol. The van der Waals surface area contributed by atoms with Crippen LogP contribution in [0.25, 0.3) is 21.1 Å². The number of nitrogens with zero attached hydrogens (tertiary/aromatic N) is 3. The number of carbonyl (C=O) groups is 1. The second-order valence-electron chi connectivity index (χ2n) is 8.17. The van der Waals surface area contributed by atoms with Crippen molar-refractivity contribution in [1.82, 2.24) is 15.5 Å². The van der Waals surface area contributed by atoms with Crippen LogP contribution < -0.4 is 15.8 Å². The number of aliphatic hydroxyl groups excluding tert-OH is 1. The SMILES string of the molecule is CC(C)Oc1ccc(-c2nnc(-c3cccc4c3CCC[C@H]4NC(=O)[C@H](N)O)s2)cc1C#N. The number of amides is 1. The fourth-order valence-corrected chi connectivity index (χ4v) is 4.90. The maximum absolute atomic E-state index is 11.9. The van der Waals surface area contributed by atoms with Crippen LogP contribution in [0.2, 0.25) is 0 Å². The number of hydrogen-bond acceptors (Lipinski definition) is 8. The molecule has 3 aromatic rings. The second-order valence-corrected chi connectivity index (χ2v) is 9.15. The minimum atomic E-state index is -1.54. The van der Waals surface area contributed by atoms with Gasteiger partial charge in [-0.25, -0.2) is 0 Å². The van der Waals surface area contributed by atoms with Crippen LogP contribution in [0.5, 0.6) is 5.75 Å². The van der Waals surface area contributed by atoms with Crippen molar-refractivity contribution >= 4 is 17.2 Å². The zero-order valence-corrected chi connectivity index (χ0v) is 19.2. The Kier molecular flexibility index (Phi) is 6.70. The van der Waals surface area contributed by atoms with Crippen molar-refractivity contribution in [2.45, 2.75) is 51.5 Å². The van der Waals surface area contributed by atoms with Gasteiger partial charge >= 0.3 is 0 Å². The normalized spacial score (nSPS) is 16.1. The molecule has 170 valence electrons. The van der Waals surface area contributed by atoms with E-state index in [2.05, 4.69) is 21.6 Å². The predicted octanol–water partition coefficient (Wildman–Crippen LogP) is 3.30. The molecule has 0 bridgehead atoms. The van der Waals surface area contributed by atoms with Crippen molar-refractivity contribution in [3.05, 3.63) is 53.1 Å². The smallest absolute Gasteiger partial charge is 0.264 e. The van der Waals surface area contributed by atoms with Gasteiger partial charge in [-0.05, 0) is 62.4 Å². The topological polar surface area (TPSA) is 134 Å². The van der Waals surface area contributed by atoms with Crippen LogP contribution >= 0.6 is 11.3 Å². The summed E-state index contributed by atoms with van der Waals surface area (Å²) in [6.07, 6.45) is 0.960. The van der Waals surface area contributed by atoms with Crippen LogP contribution in [0.3, 0.4) is 0 Å². The molecule has 0 aliphatic heterocycles. The van der Waals surface area contributed by atoms with Crippen LogP contribution in [-0.2, 0) is 11.2 Å². The molecule has 4 N–H and O–H groups in total. The van der Waals surface area contributed by atoms with Crippen molar-refractivity contribution < 1.29 is 14.6 Å². The van der Waals surface area contributed by atoms with Crippen molar-refractivity contribution in [3.63, 3.8) is 0 Å². The lowest BCUT2D eigenvalue weighted by Crippen LogP contribution is -2.42. The molecule has 0 saturated carbocycles. The number of hydrogen-bond donors (Lipinski definition) is 3. The summed E-state index contributed by atoms with van der Waals surface area (Å²) in [6, 6.07) is 13.3. The number of nitrogens with one attached hydrogen (secondary N) is 1. The first-order valence-corrected chi connectivity index (χ1v) is 11.6. The molecule has 2 aromatic carbocycles. The Morgan fingerprint density at radius 2 is 2.09 bits per heavy atom. The Bertz CT molecular complexity index is 1220. The molecule has 0 unspecified atom stereocenters. The maximum atomic E-state index is 11.9. The number of rotatable bonds is 6. The van der Waals surface area contributed by atoms with Gasteiger partial charge in [0.05, 0.1) is 17.7 Å². The summed E-state index contributed by atoms with van der Waals surface area (Å²) in [5.41, 5.74) is 9.66. The van der Waals surface area contributed by atoms with Crippen molar-refractivity contribution in [2.24, 2.45) is 5.73 Å². The van der Waals surface area contributed by atoms with E-state index in [1.165, 1.54) is 11.3 Å². The third-order valence-corrected chi connectivity index (χ3v) is 6.46. The largest absolute Gasteiger partial charge is 0.490 e. The van der Waals surface area contributed by atoms with Crippen molar-refractivity contribution in [1.29, 1.82) is 5.26 Å². The Morgan fingerprint density at radius 1 is 1.30 bits per heavy atom. The molecule has 8 nitrogen and oxygen atoms in total. The third kappa shape index (κ3) is 4.88. The van der Waals surface area contributed by atoms with Gasteiger partial charge in [0.15, 0.2) is 6.23 Å². The number of ether oxygens (including phenoxy) is 1. The fourth-order valence-electron chi connectivity index (χ4n) is 4.01. The van der Waals surface area contributed by atoms with E-state index in [0.717, 1.165) is 46.5 Å². The van der Waals surface area contributed by atoms with Crippen molar-refractivity contribution in [3.8, 4) is 33.0 Å². The molecule has 1 heterocycles. The molecule has 33 heavy (non-hydrogen) atoms. The zero-order chi connectivity index (χ0) is 23.5. The highest BCUT2D eigenvalue weighted by molar-refractivity contribution is 7.17. The Balaban J connectivity index is 1.65. The minimum absolute atomic E-state index is 0.0259. The quantitative estimate of drug-likeness (QED) is 0.478. The molecule has 0 fully saturated rings. The van der Waals surface area contributed by atoms with Gasteiger partial charge < -0.3 is 15.2 Å². The van der Waals surface area contributed by atoms with E-state index in [1.54, 1.807) is 12.1 Å². The van der Waals surface area contributed by atoms with Gasteiger partial charge in [-0.2, -0.15) is 5.26 Å². The first kappa shape index (κ1) is 22.9. The average Bonchev–Trinajstić information content (AvgIpc) is 3.29. The summed E-state index contributed by atoms with van der Waals surface area (Å²) in [7, 11) is 0. The van der Waals surface area contributed by atoms with E-state index in [9.17, 15) is 15.2 Å². The number of nitriles is 1. The molecule has 0 spiro atoms. The van der Waals surface area contributed by atoms with Gasteiger partial charge in [0.25, 0.3) is 5.91 Å². The summed E-state index contributed by atoms with van der Waals surface area (Å²) < 4.78 is 5.71. The van der Waals surface area contributed by atoms with Crippen molar-refractivity contribution in [2.75, 3.05) is 0 Å². The highest BCUT2D eigenvalue weighted by atomic mass is 32.1. The number of fused-ring (bicyclic) bond motifs is 1. The maximum Gasteiger partial charge on any atom is 0.264 e. The van der Waals surface area contributed by atoms with E-state index in [4.69, 9.17) is 10.5 Å². The van der Waals surface area contributed by atoms with E-state index in [-0.39, 0.29) is 12.1 Å². The van der Waals surface area contributed by atoms with Gasteiger partial charge in [0, 0.05) is 11.1 Å². The molecular weight excluding hydrogens is 438 g/mol. The van der Waals surface area contributed by atoms with Crippen LogP contribution in [-0.4, -0.2) is 33.5 Å². The predicted molar refractivity (Wildman–Crippen MR) is 125 cm³/mol. The standard InChI is InChI=1S/C24H25N5O3S/c1-13(2)32-20-10-9-14(11-15(20)12-25)23-28-29-24(33-23)18-7-3-6-17-16(18)5-4-8-19(17)27-22(31)21(26)30/h3,6-7,9-11,13,19,21,30H,4-5,8,26H2,1-2H3,(H,27,31)/t19-,21-/m1/s1. The van der Waals surface area contributed by atoms with E-state index >= 15 is 0 Å². The molecule has 0 radical (unpaired) electrons. The lowest BCUT2D eigenvalue weighted by molar-refractivity contribution is -0.129. The van der Waals surface area contributed by atoms with Gasteiger partial charge in [0.2, 0.25) is 0 Å². The first-order chi connectivity index (χ1) is 15.9. The van der Waals surface area contributed by atoms with Gasteiger partial charge in [-0.3, -0.25) is 10.5 Å². The number of nitrogens with two attached hydrogens (primary N) is 1. The molecular formula is C24H25N5O3S. The molecule has 4 rings (SSSR count). The summed E-state index contributed by atoms with van der Waals surface area (Å²) in [6.45, 7) is 3.83. The molecule has 2 atom stereocenters. The Morgan fingerprint density at radius 3 is 2.82 bits per heavy atom. The number of aromatic nitrogens is 2. The lowest BCUT2D eigenvalue weighted by Gasteiger charge is -2.28. The molecule has 1 aliphatic rings. The van der Waals surface area contributed by atoms with E-state index in [1.807, 2.05) is 38.1 Å². The summed E-state index contributed by atoms with van der Waals surface area (Å²) in [5, 5.41) is 32.0. The molecule has 1 aliphatic carbocycles. The summed E-state index contributed by atoms with van der Waals surface area (Å²) in [4.78, 5) is 11.9. The van der Waals surface area contributed by atoms with E-state index in [0.29, 0.717) is 16.3 Å². The van der Waals surface area contributed by atoms with Gasteiger partial charge in [-0.1, -0.05) is 29.5 Å². The highest BCUT2D eigenvalue weighted by Crippen LogP contribution is 2.39. The Labute approximate surface area is 196 Å². The molecule has 9 heteroatoms. The van der Waals surface area contributed by atoms with Crippen LogP contribution in [0.1, 0.15) is 49.4 Å². The number of aliphatic hydroxyl groups is 1. The molecule has 1 amide bonds. The second kappa shape index (κ2) is 9.67. The van der Waals surface area contributed by atoms with Gasteiger partial charge in [-0.15, -0.1) is 10.2 Å². The summed E-state index contributed by atoms with van der Waals surface area (Å²) in [5.74, 6) is -0.0385. The molecule has 1 aromatic heterocycles. The number of carbonyl (C=O) groups excluding carboxylic acids is 1. The lowest BCUT2D eigenvalue weighted by atomic mass is 9.85. The minimum Gasteiger partial charge on any atom is -0.490 e. The van der Waals surface area contributed by atoms with E-state index < -0.39 is 12.1 Å². The summed E-state index contributed by atoms with van der Waals surface area (Å²) >= 11 is 1.45. The monoisotopic (exact) mass is 463 g/mol. The van der Waals surface area contributed by atoms with Crippen LogP contribution in [0.15, 0.2) is 36.4 Å². The van der Waals surface area contributed by atoms with Crippen LogP contribution in [0.4, 0.5) is 0 Å². The highest BCUT2D eigenvalue weighted by Gasteiger charge is 2.26. The van der Waals surface area contributed by atoms with Crippen LogP contribution in [0, 0.1) is 11.3 Å². The third-order valence-electron chi connectivity index (χ3n) is 5.46. The molecule has 0 saturated heterocycles. The fraction of sp³-hybridized carbons (Fsp3) is 0.333. The number of benzene rings is 2.